The lowest BCUT2D eigenvalue weighted by Crippen LogP contribution is -2.41. The molecule has 1 saturated heterocycles. The van der Waals surface area contributed by atoms with Gasteiger partial charge < -0.3 is 15.0 Å². The molecule has 2 aromatic rings. The topological polar surface area (TPSA) is 67.4 Å². The Morgan fingerprint density at radius 1 is 1.39 bits per heavy atom. The molecule has 122 valence electrons. The molecule has 0 atom stereocenters. The van der Waals surface area contributed by atoms with E-state index in [0.717, 1.165) is 14.5 Å². The van der Waals surface area contributed by atoms with E-state index < -0.39 is 0 Å². The summed E-state index contributed by atoms with van der Waals surface area (Å²) in [6.07, 6.45) is 0. The molecule has 6 nitrogen and oxygen atoms in total. The summed E-state index contributed by atoms with van der Waals surface area (Å²) < 4.78 is 7.03. The number of rotatable bonds is 5. The van der Waals surface area contributed by atoms with Gasteiger partial charge in [0.2, 0.25) is 11.0 Å². The number of aromatic nitrogens is 2. The van der Waals surface area contributed by atoms with Crippen molar-refractivity contribution in [3.05, 3.63) is 28.7 Å². The number of hydrogen-bond donors (Lipinski definition) is 1. The maximum atomic E-state index is 12.1. The summed E-state index contributed by atoms with van der Waals surface area (Å²) in [7, 11) is 0. The fourth-order valence-electron chi connectivity index (χ4n) is 2.04. The summed E-state index contributed by atoms with van der Waals surface area (Å²) in [6.45, 7) is 2.59. The van der Waals surface area contributed by atoms with Crippen LogP contribution in [0.15, 0.2) is 33.1 Å². The van der Waals surface area contributed by atoms with Gasteiger partial charge in [-0.05, 0) is 18.2 Å². The SMILES string of the molecule is O=C(CSc1nnc(Nc2cccc(Br)c2)s1)N1CCOCC1. The summed E-state index contributed by atoms with van der Waals surface area (Å²) in [6, 6.07) is 7.84. The minimum absolute atomic E-state index is 0.120. The molecule has 23 heavy (non-hydrogen) atoms. The van der Waals surface area contributed by atoms with Crippen molar-refractivity contribution < 1.29 is 9.53 Å². The summed E-state index contributed by atoms with van der Waals surface area (Å²) in [5.74, 6) is 0.501. The van der Waals surface area contributed by atoms with Crippen molar-refractivity contribution >= 4 is 55.8 Å². The largest absolute Gasteiger partial charge is 0.378 e. The first-order valence-electron chi connectivity index (χ1n) is 7.05. The van der Waals surface area contributed by atoms with Gasteiger partial charge in [0.15, 0.2) is 4.34 Å². The molecule has 0 saturated carbocycles. The quantitative estimate of drug-likeness (QED) is 0.758. The Hall–Kier alpha value is -1.16. The predicted molar refractivity (Wildman–Crippen MR) is 95.5 cm³/mol. The first-order chi connectivity index (χ1) is 11.2. The second-order valence-corrected chi connectivity index (χ2v) is 7.91. The van der Waals surface area contributed by atoms with Gasteiger partial charge in [-0.3, -0.25) is 4.79 Å². The first-order valence-corrected chi connectivity index (χ1v) is 9.64. The number of amides is 1. The third-order valence-corrected chi connectivity index (χ3v) is 5.62. The Bertz CT molecular complexity index is 676. The number of anilines is 2. The Morgan fingerprint density at radius 3 is 3.00 bits per heavy atom. The zero-order chi connectivity index (χ0) is 16.1. The maximum absolute atomic E-state index is 12.1. The number of carbonyl (C=O) groups is 1. The van der Waals surface area contributed by atoms with Gasteiger partial charge in [0.1, 0.15) is 0 Å². The number of halogens is 1. The predicted octanol–water partition coefficient (Wildman–Crippen LogP) is 3.00. The molecule has 1 N–H and O–H groups in total. The third-order valence-electron chi connectivity index (χ3n) is 3.17. The molecule has 0 spiro atoms. The number of ether oxygens (including phenoxy) is 1. The van der Waals surface area contributed by atoms with Crippen LogP contribution in [-0.2, 0) is 9.53 Å². The number of nitrogens with zero attached hydrogens (tertiary/aromatic N) is 3. The van der Waals surface area contributed by atoms with Crippen LogP contribution in [0.3, 0.4) is 0 Å². The second kappa shape index (κ2) is 8.09. The molecule has 0 unspecified atom stereocenters. The molecule has 1 aromatic carbocycles. The molecule has 3 rings (SSSR count). The van der Waals surface area contributed by atoms with Crippen molar-refractivity contribution in [1.82, 2.24) is 15.1 Å². The van der Waals surface area contributed by atoms with Gasteiger partial charge in [0.25, 0.3) is 0 Å². The number of hydrogen-bond acceptors (Lipinski definition) is 7. The molecule has 2 heterocycles. The minimum atomic E-state index is 0.120. The van der Waals surface area contributed by atoms with Crippen LogP contribution in [0.1, 0.15) is 0 Å². The van der Waals surface area contributed by atoms with Gasteiger partial charge in [0.05, 0.1) is 19.0 Å². The van der Waals surface area contributed by atoms with Crippen LogP contribution in [0, 0.1) is 0 Å². The Kier molecular flexibility index (Phi) is 5.87. The van der Waals surface area contributed by atoms with Crippen molar-refractivity contribution in [3.8, 4) is 0 Å². The van der Waals surface area contributed by atoms with Crippen molar-refractivity contribution in [3.63, 3.8) is 0 Å². The Morgan fingerprint density at radius 2 is 2.22 bits per heavy atom. The van der Waals surface area contributed by atoms with Crippen molar-refractivity contribution in [2.75, 3.05) is 37.4 Å². The molecular formula is C14H15BrN4O2S2. The van der Waals surface area contributed by atoms with Crippen LogP contribution >= 0.6 is 39.0 Å². The van der Waals surface area contributed by atoms with Crippen LogP contribution in [-0.4, -0.2) is 53.1 Å². The highest BCUT2D eigenvalue weighted by atomic mass is 79.9. The molecular weight excluding hydrogens is 400 g/mol. The van der Waals surface area contributed by atoms with E-state index >= 15 is 0 Å². The Balaban J connectivity index is 1.52. The van der Waals surface area contributed by atoms with Gasteiger partial charge in [0, 0.05) is 23.2 Å². The summed E-state index contributed by atoms with van der Waals surface area (Å²) in [5, 5.41) is 12.1. The first kappa shape index (κ1) is 16.7. The van der Waals surface area contributed by atoms with Gasteiger partial charge in [-0.2, -0.15) is 0 Å². The van der Waals surface area contributed by atoms with E-state index in [1.807, 2.05) is 29.2 Å². The summed E-state index contributed by atoms with van der Waals surface area (Å²) in [5.41, 5.74) is 0.941. The molecule has 0 radical (unpaired) electrons. The fourth-order valence-corrected chi connectivity index (χ4v) is 4.11. The van der Waals surface area contributed by atoms with E-state index in [-0.39, 0.29) is 5.91 Å². The number of benzene rings is 1. The molecule has 1 amide bonds. The van der Waals surface area contributed by atoms with Crippen LogP contribution in [0.25, 0.3) is 0 Å². The van der Waals surface area contributed by atoms with Crippen LogP contribution < -0.4 is 5.32 Å². The second-order valence-electron chi connectivity index (χ2n) is 4.79. The molecule has 0 bridgehead atoms. The van der Waals surface area contributed by atoms with Crippen LogP contribution in [0.2, 0.25) is 0 Å². The molecule has 0 aliphatic carbocycles. The third kappa shape index (κ3) is 4.90. The molecule has 1 aliphatic rings. The smallest absolute Gasteiger partial charge is 0.233 e. The van der Waals surface area contributed by atoms with Gasteiger partial charge in [-0.1, -0.05) is 45.1 Å². The minimum Gasteiger partial charge on any atom is -0.378 e. The fraction of sp³-hybridized carbons (Fsp3) is 0.357. The van der Waals surface area contributed by atoms with Crippen LogP contribution in [0.4, 0.5) is 10.8 Å². The van der Waals surface area contributed by atoms with Crippen LogP contribution in [0.5, 0.6) is 0 Å². The summed E-state index contributed by atoms with van der Waals surface area (Å²) in [4.78, 5) is 13.9. The molecule has 1 aromatic heterocycles. The molecule has 1 aliphatic heterocycles. The number of nitrogens with one attached hydrogen (secondary N) is 1. The van der Waals surface area contributed by atoms with Crippen molar-refractivity contribution in [2.24, 2.45) is 0 Å². The van der Waals surface area contributed by atoms with Crippen molar-refractivity contribution in [2.45, 2.75) is 4.34 Å². The van der Waals surface area contributed by atoms with E-state index in [9.17, 15) is 4.79 Å². The van der Waals surface area contributed by atoms with Gasteiger partial charge in [-0.25, -0.2) is 0 Å². The monoisotopic (exact) mass is 414 g/mol. The molecule has 1 fully saturated rings. The highest BCUT2D eigenvalue weighted by molar-refractivity contribution is 9.10. The van der Waals surface area contributed by atoms with Gasteiger partial charge >= 0.3 is 0 Å². The number of carbonyl (C=O) groups excluding carboxylic acids is 1. The average molecular weight is 415 g/mol. The number of morpholine rings is 1. The van der Waals surface area contributed by atoms with Crippen molar-refractivity contribution in [1.29, 1.82) is 0 Å². The van der Waals surface area contributed by atoms with E-state index in [2.05, 4.69) is 31.4 Å². The highest BCUT2D eigenvalue weighted by Gasteiger charge is 2.17. The van der Waals surface area contributed by atoms with E-state index in [0.29, 0.717) is 37.2 Å². The van der Waals surface area contributed by atoms with E-state index in [1.54, 1.807) is 0 Å². The zero-order valence-corrected chi connectivity index (χ0v) is 15.4. The summed E-state index contributed by atoms with van der Waals surface area (Å²) >= 11 is 6.29. The lowest BCUT2D eigenvalue weighted by atomic mass is 10.3. The van der Waals surface area contributed by atoms with E-state index in [1.165, 1.54) is 23.1 Å². The highest BCUT2D eigenvalue weighted by Crippen LogP contribution is 2.28. The zero-order valence-electron chi connectivity index (χ0n) is 12.2. The lowest BCUT2D eigenvalue weighted by molar-refractivity contribution is -0.132. The standard InChI is InChI=1S/C14H15BrN4O2S2/c15-10-2-1-3-11(8-10)16-13-17-18-14(23-13)22-9-12(20)19-4-6-21-7-5-19/h1-3,8H,4-7,9H2,(H,16,17). The molecule has 9 heteroatoms. The van der Waals surface area contributed by atoms with Gasteiger partial charge in [-0.15, -0.1) is 10.2 Å². The number of thioether (sulfide) groups is 1. The normalized spacial score (nSPS) is 14.7. The Labute approximate surface area is 150 Å². The van der Waals surface area contributed by atoms with E-state index in [4.69, 9.17) is 4.74 Å². The average Bonchev–Trinajstić information content (AvgIpc) is 3.01. The maximum Gasteiger partial charge on any atom is 0.233 e. The lowest BCUT2D eigenvalue weighted by Gasteiger charge is -2.26.